The molecule has 2 aromatic carbocycles. The number of benzene rings is 2. The zero-order chi connectivity index (χ0) is 15.9. The standard InChI is InChI=1S/C17H11N7/c1-2-4-13(5-3-1)24-17-16(22-23-24)15(18-10-19-17)11-6-7-12-9-20-21-14(12)8-11/h1-10H,(H,20,21). The van der Waals surface area contributed by atoms with Crippen LogP contribution in [0.2, 0.25) is 0 Å². The Morgan fingerprint density at radius 3 is 2.79 bits per heavy atom. The molecule has 0 spiro atoms. The molecule has 114 valence electrons. The van der Waals surface area contributed by atoms with E-state index in [2.05, 4.69) is 30.5 Å². The van der Waals surface area contributed by atoms with Gasteiger partial charge in [0.15, 0.2) is 11.2 Å². The predicted octanol–water partition coefficient (Wildman–Crippen LogP) is 2.75. The topological polar surface area (TPSA) is 85.2 Å². The van der Waals surface area contributed by atoms with Crippen molar-refractivity contribution in [2.75, 3.05) is 0 Å². The van der Waals surface area contributed by atoms with Crippen molar-refractivity contribution in [3.63, 3.8) is 0 Å². The molecule has 0 bridgehead atoms. The fourth-order valence-corrected chi connectivity index (χ4v) is 2.79. The number of rotatable bonds is 2. The Balaban J connectivity index is 1.74. The molecule has 5 aromatic rings. The molecule has 0 amide bonds. The SMILES string of the molecule is c1ccc(-n2nnc3c(-c4ccc5cn[nH]c5c4)ncnc32)cc1. The van der Waals surface area contributed by atoms with E-state index in [4.69, 9.17) is 0 Å². The minimum atomic E-state index is 0.667. The van der Waals surface area contributed by atoms with Crippen molar-refractivity contribution in [3.05, 3.63) is 61.1 Å². The van der Waals surface area contributed by atoms with Crippen molar-refractivity contribution in [3.8, 4) is 16.9 Å². The number of hydrogen-bond donors (Lipinski definition) is 1. The van der Waals surface area contributed by atoms with E-state index in [1.54, 1.807) is 10.9 Å². The highest BCUT2D eigenvalue weighted by atomic mass is 15.4. The lowest BCUT2D eigenvalue weighted by Gasteiger charge is -2.03. The third kappa shape index (κ3) is 1.88. The number of hydrogen-bond acceptors (Lipinski definition) is 5. The molecular formula is C17H11N7. The fraction of sp³-hybridized carbons (Fsp3) is 0. The van der Waals surface area contributed by atoms with Crippen LogP contribution in [0.15, 0.2) is 61.1 Å². The van der Waals surface area contributed by atoms with Gasteiger partial charge in [-0.15, -0.1) is 5.10 Å². The summed E-state index contributed by atoms with van der Waals surface area (Å²) in [5.41, 5.74) is 4.90. The second-order valence-electron chi connectivity index (χ2n) is 5.40. The number of para-hydroxylation sites is 1. The van der Waals surface area contributed by atoms with Gasteiger partial charge < -0.3 is 0 Å². The van der Waals surface area contributed by atoms with Gasteiger partial charge in [0, 0.05) is 10.9 Å². The van der Waals surface area contributed by atoms with Gasteiger partial charge in [-0.25, -0.2) is 9.97 Å². The Bertz CT molecular complexity index is 1160. The molecule has 5 rings (SSSR count). The summed E-state index contributed by atoms with van der Waals surface area (Å²) in [6.07, 6.45) is 3.33. The summed E-state index contributed by atoms with van der Waals surface area (Å²) >= 11 is 0. The van der Waals surface area contributed by atoms with Crippen molar-refractivity contribution >= 4 is 22.1 Å². The summed E-state index contributed by atoms with van der Waals surface area (Å²) in [7, 11) is 0. The largest absolute Gasteiger partial charge is 0.278 e. The van der Waals surface area contributed by atoms with Crippen molar-refractivity contribution in [1.82, 2.24) is 35.2 Å². The minimum Gasteiger partial charge on any atom is -0.278 e. The van der Waals surface area contributed by atoms with Crippen LogP contribution >= 0.6 is 0 Å². The van der Waals surface area contributed by atoms with E-state index >= 15 is 0 Å². The van der Waals surface area contributed by atoms with Crippen molar-refractivity contribution in [2.24, 2.45) is 0 Å². The monoisotopic (exact) mass is 313 g/mol. The van der Waals surface area contributed by atoms with Gasteiger partial charge in [-0.2, -0.15) is 9.78 Å². The predicted molar refractivity (Wildman–Crippen MR) is 89.5 cm³/mol. The lowest BCUT2D eigenvalue weighted by Crippen LogP contribution is -1.97. The van der Waals surface area contributed by atoms with Gasteiger partial charge in [0.05, 0.1) is 17.4 Å². The molecule has 3 heterocycles. The Morgan fingerprint density at radius 1 is 0.958 bits per heavy atom. The van der Waals surface area contributed by atoms with E-state index in [1.807, 2.05) is 48.5 Å². The van der Waals surface area contributed by atoms with Crippen LogP contribution < -0.4 is 0 Å². The summed E-state index contributed by atoms with van der Waals surface area (Å²) < 4.78 is 1.72. The van der Waals surface area contributed by atoms with Gasteiger partial charge >= 0.3 is 0 Å². The van der Waals surface area contributed by atoms with Crippen LogP contribution in [-0.4, -0.2) is 35.2 Å². The van der Waals surface area contributed by atoms with Crippen LogP contribution in [0.5, 0.6) is 0 Å². The molecule has 7 heteroatoms. The molecule has 7 nitrogen and oxygen atoms in total. The fourth-order valence-electron chi connectivity index (χ4n) is 2.79. The molecule has 0 unspecified atom stereocenters. The highest BCUT2D eigenvalue weighted by Gasteiger charge is 2.14. The number of nitrogens with zero attached hydrogens (tertiary/aromatic N) is 6. The number of fused-ring (bicyclic) bond motifs is 2. The molecule has 0 atom stereocenters. The van der Waals surface area contributed by atoms with E-state index in [0.29, 0.717) is 11.2 Å². The van der Waals surface area contributed by atoms with Crippen LogP contribution in [0.4, 0.5) is 0 Å². The lowest BCUT2D eigenvalue weighted by molar-refractivity contribution is 0.817. The van der Waals surface area contributed by atoms with Crippen LogP contribution in [0.3, 0.4) is 0 Å². The summed E-state index contributed by atoms with van der Waals surface area (Å²) in [6.45, 7) is 0. The first kappa shape index (κ1) is 12.9. The molecule has 0 radical (unpaired) electrons. The normalized spacial score (nSPS) is 11.3. The molecule has 0 fully saturated rings. The zero-order valence-corrected chi connectivity index (χ0v) is 12.5. The summed E-state index contributed by atoms with van der Waals surface area (Å²) in [5.74, 6) is 0. The highest BCUT2D eigenvalue weighted by molar-refractivity contribution is 5.91. The third-order valence-electron chi connectivity index (χ3n) is 3.95. The molecule has 0 saturated heterocycles. The van der Waals surface area contributed by atoms with Crippen LogP contribution in [-0.2, 0) is 0 Å². The van der Waals surface area contributed by atoms with Gasteiger partial charge in [0.1, 0.15) is 12.0 Å². The van der Waals surface area contributed by atoms with E-state index in [-0.39, 0.29) is 0 Å². The lowest BCUT2D eigenvalue weighted by atomic mass is 10.1. The van der Waals surface area contributed by atoms with Crippen molar-refractivity contribution < 1.29 is 0 Å². The van der Waals surface area contributed by atoms with Crippen LogP contribution in [0.25, 0.3) is 39.0 Å². The molecule has 24 heavy (non-hydrogen) atoms. The van der Waals surface area contributed by atoms with Gasteiger partial charge in [-0.05, 0) is 18.2 Å². The average Bonchev–Trinajstić information content (AvgIpc) is 3.28. The molecule has 0 saturated carbocycles. The maximum absolute atomic E-state index is 4.41. The maximum Gasteiger partial charge on any atom is 0.187 e. The molecular weight excluding hydrogens is 302 g/mol. The highest BCUT2D eigenvalue weighted by Crippen LogP contribution is 2.26. The number of nitrogens with one attached hydrogen (secondary N) is 1. The Hall–Kier alpha value is -3.61. The van der Waals surface area contributed by atoms with Crippen molar-refractivity contribution in [2.45, 2.75) is 0 Å². The van der Waals surface area contributed by atoms with Gasteiger partial charge in [0.25, 0.3) is 0 Å². The van der Waals surface area contributed by atoms with Gasteiger partial charge in [-0.3, -0.25) is 5.10 Å². The summed E-state index contributed by atoms with van der Waals surface area (Å²) in [5, 5.41) is 16.6. The molecule has 0 aliphatic carbocycles. The average molecular weight is 313 g/mol. The quantitative estimate of drug-likeness (QED) is 0.541. The molecule has 3 aromatic heterocycles. The Morgan fingerprint density at radius 2 is 1.88 bits per heavy atom. The molecule has 1 N–H and O–H groups in total. The minimum absolute atomic E-state index is 0.667. The Kier molecular flexibility index (Phi) is 2.66. The van der Waals surface area contributed by atoms with Gasteiger partial charge in [-0.1, -0.05) is 35.5 Å². The second-order valence-corrected chi connectivity index (χ2v) is 5.40. The van der Waals surface area contributed by atoms with Crippen molar-refractivity contribution in [1.29, 1.82) is 0 Å². The first-order chi connectivity index (χ1) is 11.9. The number of H-pyrrole nitrogens is 1. The smallest absolute Gasteiger partial charge is 0.187 e. The zero-order valence-electron chi connectivity index (χ0n) is 12.5. The Labute approximate surface area is 136 Å². The third-order valence-corrected chi connectivity index (χ3v) is 3.95. The summed E-state index contributed by atoms with van der Waals surface area (Å²) in [4.78, 5) is 8.78. The second kappa shape index (κ2) is 4.95. The number of aromatic nitrogens is 7. The number of aromatic amines is 1. The van der Waals surface area contributed by atoms with Crippen LogP contribution in [0, 0.1) is 0 Å². The summed E-state index contributed by atoms with van der Waals surface area (Å²) in [6, 6.07) is 15.8. The van der Waals surface area contributed by atoms with Gasteiger partial charge in [0.2, 0.25) is 0 Å². The maximum atomic E-state index is 4.41. The molecule has 0 aliphatic rings. The van der Waals surface area contributed by atoms with Crippen LogP contribution in [0.1, 0.15) is 0 Å². The van der Waals surface area contributed by atoms with E-state index < -0.39 is 0 Å². The van der Waals surface area contributed by atoms with E-state index in [0.717, 1.165) is 27.8 Å². The molecule has 0 aliphatic heterocycles. The van der Waals surface area contributed by atoms with E-state index in [1.165, 1.54) is 6.33 Å². The first-order valence-corrected chi connectivity index (χ1v) is 7.45. The van der Waals surface area contributed by atoms with E-state index in [9.17, 15) is 0 Å². The first-order valence-electron chi connectivity index (χ1n) is 7.45.